The fraction of sp³-hybridized carbons (Fsp3) is 0.300. The number of hydrogen-bond acceptors (Lipinski definition) is 7. The van der Waals surface area contributed by atoms with E-state index >= 15 is 0 Å². The van der Waals surface area contributed by atoms with E-state index in [1.165, 1.54) is 23.1 Å². The van der Waals surface area contributed by atoms with Gasteiger partial charge in [-0.1, -0.05) is 35.5 Å². The number of carbonyl (C=O) groups excluding carboxylic acids is 2. The summed E-state index contributed by atoms with van der Waals surface area (Å²) in [5, 5.41) is 13.0. The number of aromatic nitrogens is 3. The quantitative estimate of drug-likeness (QED) is 0.377. The number of hydrogen-bond donors (Lipinski definition) is 1. The Morgan fingerprint density at radius 3 is 2.73 bits per heavy atom. The number of anilines is 1. The van der Waals surface area contributed by atoms with Crippen LogP contribution in [0.5, 0.6) is 0 Å². The van der Waals surface area contributed by atoms with Gasteiger partial charge in [0.1, 0.15) is 5.00 Å². The van der Waals surface area contributed by atoms with Crippen molar-refractivity contribution in [1.29, 1.82) is 0 Å². The summed E-state index contributed by atoms with van der Waals surface area (Å²) in [6.45, 7) is 6.50. The number of thioether (sulfide) groups is 1. The molecular weight excluding hydrogens is 444 g/mol. The maximum atomic E-state index is 12.5. The summed E-state index contributed by atoms with van der Waals surface area (Å²) < 4.78 is 6.97. The zero-order valence-corrected chi connectivity index (χ0v) is 19.2. The number of ether oxygens (including phenoxy) is 1. The molecule has 1 aromatic carbocycles. The molecule has 0 aliphatic rings. The molecule has 0 saturated carbocycles. The molecule has 1 amide bonds. The number of halogens is 1. The maximum Gasteiger partial charge on any atom is 0.341 e. The summed E-state index contributed by atoms with van der Waals surface area (Å²) in [4.78, 5) is 25.5. The Hall–Kier alpha value is -2.36. The Kier molecular flexibility index (Phi) is 7.52. The van der Waals surface area contributed by atoms with Crippen LogP contribution in [-0.4, -0.2) is 39.0 Å². The van der Waals surface area contributed by atoms with Gasteiger partial charge in [0.15, 0.2) is 11.0 Å². The molecule has 0 unspecified atom stereocenters. The summed E-state index contributed by atoms with van der Waals surface area (Å²) in [6.07, 6.45) is 0. The lowest BCUT2D eigenvalue weighted by atomic mass is 10.2. The fourth-order valence-corrected chi connectivity index (χ4v) is 4.72. The van der Waals surface area contributed by atoms with E-state index in [2.05, 4.69) is 15.5 Å². The van der Waals surface area contributed by atoms with Gasteiger partial charge in [0.25, 0.3) is 0 Å². The minimum Gasteiger partial charge on any atom is -0.462 e. The van der Waals surface area contributed by atoms with Gasteiger partial charge < -0.3 is 14.6 Å². The number of aryl methyl sites for hydroxylation is 1. The third-order valence-electron chi connectivity index (χ3n) is 4.08. The molecule has 0 aliphatic carbocycles. The first-order valence-corrected chi connectivity index (χ1v) is 11.5. The van der Waals surface area contributed by atoms with E-state index in [0.29, 0.717) is 33.1 Å². The number of carbonyl (C=O) groups is 2. The van der Waals surface area contributed by atoms with Crippen molar-refractivity contribution in [2.45, 2.75) is 32.5 Å². The SMILES string of the molecule is CCOC(=O)c1cc(C)sc1NC(=O)CSc1nnc(-c2ccccc2Cl)n1CC. The highest BCUT2D eigenvalue weighted by molar-refractivity contribution is 7.99. The van der Waals surface area contributed by atoms with E-state index in [0.717, 1.165) is 10.4 Å². The van der Waals surface area contributed by atoms with Crippen LogP contribution in [0.4, 0.5) is 5.00 Å². The van der Waals surface area contributed by atoms with Crippen molar-refractivity contribution >= 4 is 51.6 Å². The van der Waals surface area contributed by atoms with Gasteiger partial charge in [-0.15, -0.1) is 21.5 Å². The van der Waals surface area contributed by atoms with Gasteiger partial charge in [-0.25, -0.2) is 4.79 Å². The van der Waals surface area contributed by atoms with Crippen molar-refractivity contribution < 1.29 is 14.3 Å². The number of nitrogens with zero attached hydrogens (tertiary/aromatic N) is 3. The van der Waals surface area contributed by atoms with Crippen LogP contribution in [0.15, 0.2) is 35.5 Å². The molecular formula is C20H21ClN4O3S2. The Bertz CT molecular complexity index is 1060. The molecule has 7 nitrogen and oxygen atoms in total. The van der Waals surface area contributed by atoms with Gasteiger partial charge in [0.05, 0.1) is 22.9 Å². The summed E-state index contributed by atoms with van der Waals surface area (Å²) in [5.41, 5.74) is 1.16. The second-order valence-electron chi connectivity index (χ2n) is 6.19. The predicted octanol–water partition coefficient (Wildman–Crippen LogP) is 4.90. The van der Waals surface area contributed by atoms with Gasteiger partial charge in [-0.05, 0) is 39.0 Å². The first kappa shape index (κ1) is 22.3. The third-order valence-corrected chi connectivity index (χ3v) is 6.35. The van der Waals surface area contributed by atoms with Crippen LogP contribution in [0.1, 0.15) is 29.1 Å². The summed E-state index contributed by atoms with van der Waals surface area (Å²) in [5.74, 6) is 0.0987. The highest BCUT2D eigenvalue weighted by Crippen LogP contribution is 2.30. The molecule has 3 aromatic rings. The van der Waals surface area contributed by atoms with E-state index in [1.807, 2.05) is 36.6 Å². The molecule has 30 heavy (non-hydrogen) atoms. The van der Waals surface area contributed by atoms with Crippen molar-refractivity contribution in [3.63, 3.8) is 0 Å². The van der Waals surface area contributed by atoms with Gasteiger partial charge in [-0.2, -0.15) is 0 Å². The standard InChI is InChI=1S/C20H21ClN4O3S2/c1-4-25-17(13-8-6-7-9-15(13)21)23-24-20(25)29-11-16(26)22-18-14(10-12(3)30-18)19(27)28-5-2/h6-10H,4-5,11H2,1-3H3,(H,22,26). The highest BCUT2D eigenvalue weighted by Gasteiger charge is 2.20. The molecule has 0 aliphatic heterocycles. The van der Waals surface area contributed by atoms with Gasteiger partial charge in [0.2, 0.25) is 5.91 Å². The van der Waals surface area contributed by atoms with Crippen molar-refractivity contribution in [3.8, 4) is 11.4 Å². The lowest BCUT2D eigenvalue weighted by molar-refractivity contribution is -0.113. The second kappa shape index (κ2) is 10.1. The average Bonchev–Trinajstić information content (AvgIpc) is 3.29. The van der Waals surface area contributed by atoms with E-state index in [4.69, 9.17) is 16.3 Å². The second-order valence-corrected chi connectivity index (χ2v) is 8.79. The molecule has 0 bridgehead atoms. The number of thiophene rings is 1. The first-order chi connectivity index (χ1) is 14.4. The van der Waals surface area contributed by atoms with Crippen LogP contribution in [0.25, 0.3) is 11.4 Å². The molecule has 0 saturated heterocycles. The number of rotatable bonds is 8. The highest BCUT2D eigenvalue weighted by atomic mass is 35.5. The van der Waals surface area contributed by atoms with Crippen LogP contribution < -0.4 is 5.32 Å². The molecule has 0 atom stereocenters. The van der Waals surface area contributed by atoms with Crippen LogP contribution in [0.2, 0.25) is 5.02 Å². The van der Waals surface area contributed by atoms with Gasteiger partial charge >= 0.3 is 5.97 Å². The third kappa shape index (κ3) is 5.03. The molecule has 10 heteroatoms. The predicted molar refractivity (Wildman–Crippen MR) is 121 cm³/mol. The number of amides is 1. The Morgan fingerprint density at radius 1 is 1.27 bits per heavy atom. The summed E-state index contributed by atoms with van der Waals surface area (Å²) in [6, 6.07) is 9.15. The Labute approximate surface area is 187 Å². The lowest BCUT2D eigenvalue weighted by Gasteiger charge is -2.09. The van der Waals surface area contributed by atoms with Crippen LogP contribution in [0.3, 0.4) is 0 Å². The molecule has 1 N–H and O–H groups in total. The minimum atomic E-state index is -0.445. The zero-order chi connectivity index (χ0) is 21.7. The molecule has 0 fully saturated rings. The number of benzene rings is 1. The first-order valence-electron chi connectivity index (χ1n) is 9.32. The maximum absolute atomic E-state index is 12.5. The van der Waals surface area contributed by atoms with Crippen molar-refractivity contribution in [3.05, 3.63) is 45.8 Å². The molecule has 3 rings (SSSR count). The Balaban J connectivity index is 1.70. The monoisotopic (exact) mass is 464 g/mol. The van der Waals surface area contributed by atoms with Crippen LogP contribution >= 0.6 is 34.7 Å². The van der Waals surface area contributed by atoms with E-state index in [1.54, 1.807) is 19.1 Å². The van der Waals surface area contributed by atoms with E-state index in [-0.39, 0.29) is 18.3 Å². The smallest absolute Gasteiger partial charge is 0.341 e. The fourth-order valence-electron chi connectivity index (χ4n) is 2.78. The zero-order valence-electron chi connectivity index (χ0n) is 16.8. The van der Waals surface area contributed by atoms with E-state index < -0.39 is 5.97 Å². The van der Waals surface area contributed by atoms with Crippen molar-refractivity contribution in [1.82, 2.24) is 14.8 Å². The molecule has 2 heterocycles. The minimum absolute atomic E-state index is 0.125. The molecule has 158 valence electrons. The Morgan fingerprint density at radius 2 is 2.03 bits per heavy atom. The number of esters is 1. The van der Waals surface area contributed by atoms with Gasteiger partial charge in [0, 0.05) is 17.0 Å². The molecule has 2 aromatic heterocycles. The van der Waals surface area contributed by atoms with Gasteiger partial charge in [-0.3, -0.25) is 4.79 Å². The normalized spacial score (nSPS) is 10.8. The molecule has 0 spiro atoms. The topological polar surface area (TPSA) is 86.1 Å². The lowest BCUT2D eigenvalue weighted by Crippen LogP contribution is -2.16. The van der Waals surface area contributed by atoms with Crippen molar-refractivity contribution in [2.75, 3.05) is 17.7 Å². The summed E-state index contributed by atoms with van der Waals surface area (Å²) >= 11 is 8.90. The van der Waals surface area contributed by atoms with Crippen molar-refractivity contribution in [2.24, 2.45) is 0 Å². The average molecular weight is 465 g/mol. The largest absolute Gasteiger partial charge is 0.462 e. The van der Waals surface area contributed by atoms with E-state index in [9.17, 15) is 9.59 Å². The molecule has 0 radical (unpaired) electrons. The van der Waals surface area contributed by atoms with Crippen LogP contribution in [0, 0.1) is 6.92 Å². The number of nitrogens with one attached hydrogen (secondary N) is 1. The summed E-state index contributed by atoms with van der Waals surface area (Å²) in [7, 11) is 0. The van der Waals surface area contributed by atoms with Crippen LogP contribution in [-0.2, 0) is 16.1 Å².